The molecule has 0 spiro atoms. The van der Waals surface area contributed by atoms with Gasteiger partial charge >= 0.3 is 0 Å². The zero-order chi connectivity index (χ0) is 25.5. The Morgan fingerprint density at radius 3 is 2.06 bits per heavy atom. The maximum atomic E-state index is 10.9. The number of anilines is 5. The van der Waals surface area contributed by atoms with Crippen molar-refractivity contribution < 1.29 is 9.66 Å². The lowest BCUT2D eigenvalue weighted by Gasteiger charge is -2.11. The second kappa shape index (κ2) is 10.9. The number of nitrogens with one attached hydrogen (secondary N) is 3. The van der Waals surface area contributed by atoms with E-state index >= 15 is 0 Å². The van der Waals surface area contributed by atoms with Gasteiger partial charge in [0.05, 0.1) is 18.2 Å². The molecule has 36 heavy (non-hydrogen) atoms. The lowest BCUT2D eigenvalue weighted by atomic mass is 10.1. The van der Waals surface area contributed by atoms with Crippen molar-refractivity contribution in [2.45, 2.75) is 13.8 Å². The maximum absolute atomic E-state index is 10.9. The van der Waals surface area contributed by atoms with Crippen LogP contribution in [0.25, 0.3) is 0 Å². The van der Waals surface area contributed by atoms with Gasteiger partial charge in [-0.25, -0.2) is 5.43 Å². The number of nitro benzene ring substituents is 1. The number of benzene rings is 3. The molecule has 0 bridgehead atoms. The lowest BCUT2D eigenvalue weighted by molar-refractivity contribution is -0.384. The molecule has 4 aromatic rings. The van der Waals surface area contributed by atoms with E-state index in [1.165, 1.54) is 17.7 Å². The van der Waals surface area contributed by atoms with Crippen molar-refractivity contribution in [3.05, 3.63) is 93.5 Å². The normalized spacial score (nSPS) is 10.8. The summed E-state index contributed by atoms with van der Waals surface area (Å²) in [6, 6.07) is 19.3. The number of nitrogens with zero attached hydrogens (tertiary/aromatic N) is 5. The first-order chi connectivity index (χ1) is 17.4. The van der Waals surface area contributed by atoms with E-state index in [0.29, 0.717) is 11.6 Å². The maximum Gasteiger partial charge on any atom is 0.269 e. The summed E-state index contributed by atoms with van der Waals surface area (Å²) in [5, 5.41) is 21.4. The van der Waals surface area contributed by atoms with Crippen molar-refractivity contribution in [2.75, 3.05) is 23.2 Å². The summed E-state index contributed by atoms with van der Waals surface area (Å²) in [6.07, 6.45) is 1.63. The van der Waals surface area contributed by atoms with Crippen LogP contribution < -0.4 is 20.8 Å². The van der Waals surface area contributed by atoms with Gasteiger partial charge < -0.3 is 15.4 Å². The van der Waals surface area contributed by atoms with Gasteiger partial charge in [0.15, 0.2) is 0 Å². The number of aryl methyl sites for hydroxylation is 2. The van der Waals surface area contributed by atoms with E-state index in [1.54, 1.807) is 25.5 Å². The van der Waals surface area contributed by atoms with Crippen molar-refractivity contribution in [3.8, 4) is 5.75 Å². The Hall–Kier alpha value is -5.06. The third-order valence-corrected chi connectivity index (χ3v) is 5.23. The molecule has 0 atom stereocenters. The molecule has 0 aliphatic rings. The quantitative estimate of drug-likeness (QED) is 0.163. The molecule has 0 radical (unpaired) electrons. The van der Waals surface area contributed by atoms with Crippen LogP contribution >= 0.6 is 0 Å². The summed E-state index contributed by atoms with van der Waals surface area (Å²) in [5.74, 6) is 1.47. The molecule has 0 amide bonds. The molecule has 1 heterocycles. The van der Waals surface area contributed by atoms with Crippen molar-refractivity contribution in [1.82, 2.24) is 15.0 Å². The summed E-state index contributed by atoms with van der Waals surface area (Å²) >= 11 is 0. The molecule has 0 aliphatic heterocycles. The summed E-state index contributed by atoms with van der Waals surface area (Å²) in [7, 11) is 1.61. The van der Waals surface area contributed by atoms with Crippen LogP contribution in [0.3, 0.4) is 0 Å². The first kappa shape index (κ1) is 24.1. The highest BCUT2D eigenvalue weighted by Gasteiger charge is 2.10. The molecular formula is C25H24N8O3. The van der Waals surface area contributed by atoms with Crippen molar-refractivity contribution >= 4 is 41.1 Å². The van der Waals surface area contributed by atoms with Gasteiger partial charge in [-0.1, -0.05) is 6.07 Å². The van der Waals surface area contributed by atoms with E-state index in [1.807, 2.05) is 56.3 Å². The Kier molecular flexibility index (Phi) is 7.30. The van der Waals surface area contributed by atoms with Gasteiger partial charge in [0, 0.05) is 23.5 Å². The van der Waals surface area contributed by atoms with Gasteiger partial charge in [-0.05, 0) is 79.1 Å². The largest absolute Gasteiger partial charge is 0.497 e. The number of hydrogen-bond acceptors (Lipinski definition) is 10. The Morgan fingerprint density at radius 1 is 0.833 bits per heavy atom. The lowest BCUT2D eigenvalue weighted by Crippen LogP contribution is -2.07. The third-order valence-electron chi connectivity index (χ3n) is 5.23. The SMILES string of the molecule is COc1ccc(C=NNc2nc(Nc3ccc([N+](=O)[O-])cc3)nc(Nc3ccc(C)c(C)c3)n2)cc1. The number of hydrogen-bond donors (Lipinski definition) is 3. The summed E-state index contributed by atoms with van der Waals surface area (Å²) in [4.78, 5) is 23.7. The molecule has 0 saturated heterocycles. The van der Waals surface area contributed by atoms with Crippen LogP contribution in [0.2, 0.25) is 0 Å². The summed E-state index contributed by atoms with van der Waals surface area (Å²) in [6.45, 7) is 4.06. The first-order valence-electron chi connectivity index (χ1n) is 10.9. The number of non-ortho nitro benzene ring substituents is 1. The van der Waals surface area contributed by atoms with Crippen LogP contribution in [0.15, 0.2) is 71.8 Å². The van der Waals surface area contributed by atoms with Crippen LogP contribution in [0, 0.1) is 24.0 Å². The summed E-state index contributed by atoms with van der Waals surface area (Å²) < 4.78 is 5.16. The van der Waals surface area contributed by atoms with Gasteiger partial charge in [0.25, 0.3) is 5.69 Å². The predicted molar refractivity (Wildman–Crippen MR) is 140 cm³/mol. The Bertz CT molecular complexity index is 1390. The fourth-order valence-electron chi connectivity index (χ4n) is 3.14. The van der Waals surface area contributed by atoms with Gasteiger partial charge in [-0.2, -0.15) is 20.1 Å². The topological polar surface area (TPSA) is 139 Å². The number of hydrazone groups is 1. The standard InChI is InChI=1S/C25H24N8O3/c1-16-4-7-20(14-17(16)2)28-24-29-23(27-19-8-10-21(11-9-19)33(34)35)30-25(31-24)32-26-15-18-5-12-22(36-3)13-6-18/h4-15H,1-3H3,(H3,27,28,29,30,31,32). The monoisotopic (exact) mass is 484 g/mol. The van der Waals surface area contributed by atoms with E-state index in [0.717, 1.165) is 22.6 Å². The molecule has 0 aliphatic carbocycles. The van der Waals surface area contributed by atoms with Gasteiger partial charge in [-0.3, -0.25) is 10.1 Å². The smallest absolute Gasteiger partial charge is 0.269 e. The van der Waals surface area contributed by atoms with E-state index in [9.17, 15) is 10.1 Å². The van der Waals surface area contributed by atoms with E-state index < -0.39 is 4.92 Å². The molecule has 0 unspecified atom stereocenters. The van der Waals surface area contributed by atoms with Crippen molar-refractivity contribution in [3.63, 3.8) is 0 Å². The van der Waals surface area contributed by atoms with Crippen LogP contribution in [-0.2, 0) is 0 Å². The second-order valence-electron chi connectivity index (χ2n) is 7.80. The number of methoxy groups -OCH3 is 1. The fourth-order valence-corrected chi connectivity index (χ4v) is 3.14. The van der Waals surface area contributed by atoms with Crippen LogP contribution in [-0.4, -0.2) is 33.2 Å². The zero-order valence-electron chi connectivity index (χ0n) is 19.9. The molecule has 0 saturated carbocycles. The highest BCUT2D eigenvalue weighted by molar-refractivity contribution is 5.80. The Balaban J connectivity index is 1.58. The molecule has 3 aromatic carbocycles. The number of nitro groups is 1. The fraction of sp³-hybridized carbons (Fsp3) is 0.120. The molecule has 3 N–H and O–H groups in total. The number of rotatable bonds is 9. The van der Waals surface area contributed by atoms with Crippen LogP contribution in [0.5, 0.6) is 5.75 Å². The Labute approximate surface area is 207 Å². The number of ether oxygens (including phenoxy) is 1. The summed E-state index contributed by atoms with van der Waals surface area (Å²) in [5.41, 5.74) is 7.37. The van der Waals surface area contributed by atoms with E-state index in [2.05, 4.69) is 36.1 Å². The average Bonchev–Trinajstić information content (AvgIpc) is 2.87. The second-order valence-corrected chi connectivity index (χ2v) is 7.80. The number of aromatic nitrogens is 3. The molecule has 11 nitrogen and oxygen atoms in total. The molecule has 182 valence electrons. The van der Waals surface area contributed by atoms with Crippen LogP contribution in [0.1, 0.15) is 16.7 Å². The molecule has 0 fully saturated rings. The van der Waals surface area contributed by atoms with E-state index in [-0.39, 0.29) is 17.6 Å². The van der Waals surface area contributed by atoms with Crippen molar-refractivity contribution in [2.24, 2.45) is 5.10 Å². The average molecular weight is 485 g/mol. The van der Waals surface area contributed by atoms with Gasteiger partial charge in [0.1, 0.15) is 5.75 Å². The van der Waals surface area contributed by atoms with Gasteiger partial charge in [0.2, 0.25) is 17.8 Å². The Morgan fingerprint density at radius 2 is 1.44 bits per heavy atom. The molecule has 4 rings (SSSR count). The minimum atomic E-state index is -0.457. The highest BCUT2D eigenvalue weighted by Crippen LogP contribution is 2.22. The molecule has 1 aromatic heterocycles. The first-order valence-corrected chi connectivity index (χ1v) is 10.9. The van der Waals surface area contributed by atoms with E-state index in [4.69, 9.17) is 4.74 Å². The predicted octanol–water partition coefficient (Wildman–Crippen LogP) is 5.34. The minimum absolute atomic E-state index is 0.0106. The van der Waals surface area contributed by atoms with Crippen molar-refractivity contribution in [1.29, 1.82) is 0 Å². The third kappa shape index (κ3) is 6.29. The minimum Gasteiger partial charge on any atom is -0.497 e. The molecule has 11 heteroatoms. The van der Waals surface area contributed by atoms with Crippen LogP contribution in [0.4, 0.5) is 34.9 Å². The molecular weight excluding hydrogens is 460 g/mol. The van der Waals surface area contributed by atoms with Gasteiger partial charge in [-0.15, -0.1) is 0 Å². The zero-order valence-corrected chi connectivity index (χ0v) is 19.9. The highest BCUT2D eigenvalue weighted by atomic mass is 16.6.